The molecule has 0 rings (SSSR count). The van der Waals surface area contributed by atoms with Crippen molar-refractivity contribution in [3.8, 4) is 0 Å². The van der Waals surface area contributed by atoms with E-state index >= 15 is 0 Å². The van der Waals surface area contributed by atoms with E-state index in [0.717, 1.165) is 0 Å². The molecule has 0 spiro atoms. The van der Waals surface area contributed by atoms with Crippen LogP contribution < -0.4 is 24.6 Å². The summed E-state index contributed by atoms with van der Waals surface area (Å²) in [6.45, 7) is -0.505. The Morgan fingerprint density at radius 3 is 2.25 bits per heavy atom. The number of aliphatic hydroxyl groups excluding tert-OH is 1. The average molecular weight is 113 g/mol. The van der Waals surface area contributed by atoms with Crippen molar-refractivity contribution < 1.29 is 35.3 Å². The van der Waals surface area contributed by atoms with Gasteiger partial charge >= 0.3 is 24.8 Å². The number of carbonyl (C=O) groups is 1. The van der Waals surface area contributed by atoms with Crippen molar-refractivity contribution in [2.24, 2.45) is 5.73 Å². The number of carboxylic acid groups (broad SMARTS) is 1. The van der Waals surface area contributed by atoms with Crippen LogP contribution in [-0.4, -0.2) is 28.8 Å². The molecule has 1 atom stereocenters. The fourth-order valence-electron chi connectivity index (χ4n) is 0.0781. The maximum atomic E-state index is 9.65. The first-order chi connectivity index (χ1) is 3.18. The van der Waals surface area contributed by atoms with Gasteiger partial charge in [-0.1, -0.05) is 0 Å². The maximum Gasteiger partial charge on any atom is 1.00 e. The Balaban J connectivity index is -0.000000180. The van der Waals surface area contributed by atoms with Crippen molar-refractivity contribution in [3.63, 3.8) is 0 Å². The van der Waals surface area contributed by atoms with Crippen LogP contribution in [-0.2, 0) is 4.79 Å². The summed E-state index contributed by atoms with van der Waals surface area (Å²) in [6.07, 6.45) is 0. The van der Waals surface area contributed by atoms with Gasteiger partial charge in [-0.2, -0.15) is 0 Å². The first kappa shape index (κ1) is 10.9. The summed E-state index contributed by atoms with van der Waals surface area (Å²) in [5.74, 6) is -1.18. The predicted molar refractivity (Wildman–Crippen MR) is 23.8 cm³/mol. The van der Waals surface area contributed by atoms with Gasteiger partial charge < -0.3 is 17.4 Å². The molecule has 0 bridgehead atoms. The molecule has 0 amide bonds. The Kier molecular flexibility index (Phi) is 6.98. The van der Waals surface area contributed by atoms with Gasteiger partial charge in [0.25, 0.3) is 0 Å². The molecule has 0 aliphatic rings. The molecule has 0 aromatic rings. The summed E-state index contributed by atoms with van der Waals surface area (Å²) < 4.78 is 0. The number of carboxylic acids is 1. The normalized spacial score (nSPS) is 11.8. The molecule has 0 radical (unpaired) electrons. The van der Waals surface area contributed by atoms with E-state index < -0.39 is 18.6 Å². The van der Waals surface area contributed by atoms with Crippen LogP contribution in [0, 0.1) is 0 Å². The molecule has 0 aliphatic heterocycles. The SMILES string of the molecule is NC(CO)C(=O)O.[H-].[Li+]. The van der Waals surface area contributed by atoms with Gasteiger partial charge in [-0.3, -0.25) is 4.79 Å². The zero-order valence-corrected chi connectivity index (χ0v) is 4.66. The molecular weight excluding hydrogens is 105 g/mol. The first-order valence-electron chi connectivity index (χ1n) is 1.77. The second-order valence-electron chi connectivity index (χ2n) is 1.13. The molecule has 0 fully saturated rings. The van der Waals surface area contributed by atoms with Crippen LogP contribution in [0.25, 0.3) is 0 Å². The standard InChI is InChI=1S/C3H7NO3.Li.H/c4-2(1-5)3(6)7;;/h2,5H,1,4H2,(H,6,7);;/q;+1;-1. The predicted octanol–water partition coefficient (Wildman–Crippen LogP) is -4.49. The minimum Gasteiger partial charge on any atom is -1.00 e. The zero-order chi connectivity index (χ0) is 5.86. The Hall–Kier alpha value is -0.0126. The van der Waals surface area contributed by atoms with Crippen LogP contribution in [0.2, 0.25) is 0 Å². The van der Waals surface area contributed by atoms with Crippen molar-refractivity contribution in [2.45, 2.75) is 6.04 Å². The number of nitrogens with two attached hydrogens (primary N) is 1. The van der Waals surface area contributed by atoms with Gasteiger partial charge in [0.1, 0.15) is 6.04 Å². The minimum atomic E-state index is -1.18. The molecular formula is C3H8LiNO3. The van der Waals surface area contributed by atoms with Gasteiger partial charge in [0, 0.05) is 0 Å². The first-order valence-corrected chi connectivity index (χ1v) is 1.77. The molecule has 4 N–H and O–H groups in total. The van der Waals surface area contributed by atoms with Gasteiger partial charge in [0.15, 0.2) is 0 Å². The van der Waals surface area contributed by atoms with Crippen molar-refractivity contribution in [2.75, 3.05) is 6.61 Å². The van der Waals surface area contributed by atoms with Gasteiger partial charge in [-0.05, 0) is 0 Å². The van der Waals surface area contributed by atoms with E-state index in [0.29, 0.717) is 0 Å². The average Bonchev–Trinajstić information content (AvgIpc) is 1.65. The van der Waals surface area contributed by atoms with Crippen molar-refractivity contribution >= 4 is 5.97 Å². The Bertz CT molecular complexity index is 81.5. The van der Waals surface area contributed by atoms with Crippen LogP contribution >= 0.6 is 0 Å². The molecule has 44 valence electrons. The molecule has 8 heavy (non-hydrogen) atoms. The van der Waals surface area contributed by atoms with Crippen molar-refractivity contribution in [3.05, 3.63) is 0 Å². The Labute approximate surface area is 60.3 Å². The smallest absolute Gasteiger partial charge is 1.00 e. The Morgan fingerprint density at radius 1 is 1.88 bits per heavy atom. The van der Waals surface area contributed by atoms with Crippen LogP contribution in [0.15, 0.2) is 0 Å². The van der Waals surface area contributed by atoms with Crippen LogP contribution in [0.3, 0.4) is 0 Å². The summed E-state index contributed by atoms with van der Waals surface area (Å²) in [5.41, 5.74) is 4.77. The molecule has 0 aliphatic carbocycles. The van der Waals surface area contributed by atoms with E-state index in [1.54, 1.807) is 0 Å². The fraction of sp³-hybridized carbons (Fsp3) is 0.667. The maximum absolute atomic E-state index is 9.65. The van der Waals surface area contributed by atoms with Gasteiger partial charge in [0.2, 0.25) is 0 Å². The van der Waals surface area contributed by atoms with E-state index in [2.05, 4.69) is 0 Å². The summed E-state index contributed by atoms with van der Waals surface area (Å²) in [7, 11) is 0. The minimum absolute atomic E-state index is 0. The molecule has 0 aromatic carbocycles. The third kappa shape index (κ3) is 4.15. The van der Waals surface area contributed by atoms with E-state index in [4.69, 9.17) is 15.9 Å². The summed E-state index contributed by atoms with van der Waals surface area (Å²) in [6, 6.07) is -1.13. The molecule has 0 saturated carbocycles. The van der Waals surface area contributed by atoms with Crippen LogP contribution in [0.4, 0.5) is 0 Å². The number of aliphatic hydroxyl groups is 1. The molecule has 0 saturated heterocycles. The van der Waals surface area contributed by atoms with E-state index in [1.165, 1.54) is 0 Å². The topological polar surface area (TPSA) is 83.5 Å². The third-order valence-corrected chi connectivity index (χ3v) is 0.514. The van der Waals surface area contributed by atoms with Crippen molar-refractivity contribution in [1.82, 2.24) is 0 Å². The van der Waals surface area contributed by atoms with Crippen LogP contribution in [0.1, 0.15) is 1.43 Å². The number of aliphatic carboxylic acids is 1. The summed E-state index contributed by atoms with van der Waals surface area (Å²) >= 11 is 0. The number of rotatable bonds is 2. The van der Waals surface area contributed by atoms with Crippen LogP contribution in [0.5, 0.6) is 0 Å². The largest absolute Gasteiger partial charge is 1.00 e. The molecule has 1 unspecified atom stereocenters. The number of hydrogen-bond donors (Lipinski definition) is 3. The van der Waals surface area contributed by atoms with Gasteiger partial charge in [-0.15, -0.1) is 0 Å². The van der Waals surface area contributed by atoms with Crippen molar-refractivity contribution in [1.29, 1.82) is 0 Å². The van der Waals surface area contributed by atoms with E-state index in [9.17, 15) is 4.79 Å². The van der Waals surface area contributed by atoms with E-state index in [1.807, 2.05) is 0 Å². The molecule has 0 aromatic heterocycles. The molecule has 0 heterocycles. The number of hydrogen-bond acceptors (Lipinski definition) is 3. The Morgan fingerprint density at radius 2 is 2.25 bits per heavy atom. The third-order valence-electron chi connectivity index (χ3n) is 0.514. The van der Waals surface area contributed by atoms with E-state index in [-0.39, 0.29) is 20.3 Å². The monoisotopic (exact) mass is 113 g/mol. The second-order valence-corrected chi connectivity index (χ2v) is 1.13. The summed E-state index contributed by atoms with van der Waals surface area (Å²) in [5, 5.41) is 15.9. The molecule has 4 nitrogen and oxygen atoms in total. The van der Waals surface area contributed by atoms with Gasteiger partial charge in [0.05, 0.1) is 6.61 Å². The molecule has 5 heteroatoms. The quantitative estimate of drug-likeness (QED) is 0.315. The zero-order valence-electron chi connectivity index (χ0n) is 5.66. The summed E-state index contributed by atoms with van der Waals surface area (Å²) in [4.78, 5) is 9.65. The second kappa shape index (κ2) is 5.13. The fourth-order valence-corrected chi connectivity index (χ4v) is 0.0781. The van der Waals surface area contributed by atoms with Gasteiger partial charge in [-0.25, -0.2) is 0 Å².